The average molecular weight is 327 g/mol. The fourth-order valence-electron chi connectivity index (χ4n) is 3.61. The average Bonchev–Trinajstić information content (AvgIpc) is 3.27. The van der Waals surface area contributed by atoms with Crippen LogP contribution in [0.4, 0.5) is 0 Å². The minimum absolute atomic E-state index is 0.0152. The van der Waals surface area contributed by atoms with E-state index in [9.17, 15) is 4.79 Å². The Bertz CT molecular complexity index is 784. The summed E-state index contributed by atoms with van der Waals surface area (Å²) in [6.07, 6.45) is 2.01. The Balaban J connectivity index is 1.58. The lowest BCUT2D eigenvalue weighted by Crippen LogP contribution is -2.38. The van der Waals surface area contributed by atoms with Gasteiger partial charge in [0, 0.05) is 12.2 Å². The number of nitrogens with zero attached hydrogens (tertiary/aromatic N) is 3. The molecule has 1 saturated heterocycles. The summed E-state index contributed by atoms with van der Waals surface area (Å²) in [4.78, 5) is 15.0. The van der Waals surface area contributed by atoms with Crippen LogP contribution in [0.25, 0.3) is 0 Å². The molecule has 2 aliphatic rings. The van der Waals surface area contributed by atoms with Crippen LogP contribution in [0.15, 0.2) is 24.3 Å². The van der Waals surface area contributed by atoms with Crippen LogP contribution in [0.5, 0.6) is 11.5 Å². The van der Waals surface area contributed by atoms with Crippen LogP contribution in [0.2, 0.25) is 0 Å². The van der Waals surface area contributed by atoms with Crippen LogP contribution in [0.1, 0.15) is 34.6 Å². The molecule has 1 amide bonds. The number of hydrogen-bond acceptors (Lipinski definition) is 4. The highest BCUT2D eigenvalue weighted by molar-refractivity contribution is 5.98. The number of likely N-dealkylation sites (tertiary alicyclic amines) is 1. The number of amides is 1. The Morgan fingerprint density at radius 1 is 1.33 bits per heavy atom. The lowest BCUT2D eigenvalue weighted by atomic mass is 10.1. The molecular weight excluding hydrogens is 306 g/mol. The van der Waals surface area contributed by atoms with E-state index in [4.69, 9.17) is 9.47 Å². The smallest absolute Gasteiger partial charge is 0.258 e. The third kappa shape index (κ3) is 2.52. The second-order valence-electron chi connectivity index (χ2n) is 6.44. The molecule has 0 aliphatic carbocycles. The van der Waals surface area contributed by atoms with Crippen LogP contribution < -0.4 is 9.47 Å². The Hall–Kier alpha value is -2.50. The summed E-state index contributed by atoms with van der Waals surface area (Å²) in [7, 11) is 0. The SMILES string of the molecule is Cc1cc(C)n(C[C@H]2CCCN2C(=O)c2cccc3c2OCO3)n1. The largest absolute Gasteiger partial charge is 0.454 e. The van der Waals surface area contributed by atoms with E-state index in [1.807, 2.05) is 34.7 Å². The second-order valence-corrected chi connectivity index (χ2v) is 6.44. The molecule has 0 spiro atoms. The van der Waals surface area contributed by atoms with Gasteiger partial charge >= 0.3 is 0 Å². The summed E-state index contributed by atoms with van der Waals surface area (Å²) in [5, 5.41) is 4.53. The highest BCUT2D eigenvalue weighted by atomic mass is 16.7. The molecule has 126 valence electrons. The molecule has 2 aromatic rings. The van der Waals surface area contributed by atoms with E-state index in [1.165, 1.54) is 0 Å². The molecular formula is C18H21N3O3. The molecule has 1 aromatic heterocycles. The number of fused-ring (bicyclic) bond motifs is 1. The van der Waals surface area contributed by atoms with E-state index in [0.29, 0.717) is 17.1 Å². The van der Waals surface area contributed by atoms with E-state index in [0.717, 1.165) is 37.3 Å². The molecule has 0 N–H and O–H groups in total. The number of hydrogen-bond donors (Lipinski definition) is 0. The summed E-state index contributed by atoms with van der Waals surface area (Å²) < 4.78 is 12.9. The van der Waals surface area contributed by atoms with Gasteiger partial charge in [-0.1, -0.05) is 6.07 Å². The van der Waals surface area contributed by atoms with Crippen molar-refractivity contribution >= 4 is 5.91 Å². The zero-order chi connectivity index (χ0) is 16.7. The number of rotatable bonds is 3. The summed E-state index contributed by atoms with van der Waals surface area (Å²) in [6, 6.07) is 7.71. The van der Waals surface area contributed by atoms with Gasteiger partial charge in [-0.25, -0.2) is 0 Å². The van der Waals surface area contributed by atoms with Crippen molar-refractivity contribution in [1.29, 1.82) is 0 Å². The highest BCUT2D eigenvalue weighted by Gasteiger charge is 2.33. The number of benzene rings is 1. The first-order valence-corrected chi connectivity index (χ1v) is 8.34. The van der Waals surface area contributed by atoms with Gasteiger partial charge in [0.1, 0.15) is 0 Å². The van der Waals surface area contributed by atoms with Crippen LogP contribution in [-0.2, 0) is 6.54 Å². The lowest BCUT2D eigenvalue weighted by Gasteiger charge is -2.25. The van der Waals surface area contributed by atoms with Crippen LogP contribution in [0, 0.1) is 13.8 Å². The minimum Gasteiger partial charge on any atom is -0.454 e. The Morgan fingerprint density at radius 3 is 3.00 bits per heavy atom. The molecule has 1 fully saturated rings. The van der Waals surface area contributed by atoms with Gasteiger partial charge in [-0.15, -0.1) is 0 Å². The fraction of sp³-hybridized carbons (Fsp3) is 0.444. The first-order valence-electron chi connectivity index (χ1n) is 8.34. The maximum absolute atomic E-state index is 13.1. The number of carbonyl (C=O) groups is 1. The molecule has 3 heterocycles. The summed E-state index contributed by atoms with van der Waals surface area (Å²) in [5.41, 5.74) is 2.73. The molecule has 0 unspecified atom stereocenters. The lowest BCUT2D eigenvalue weighted by molar-refractivity contribution is 0.0716. The number of aromatic nitrogens is 2. The molecule has 2 aliphatic heterocycles. The molecule has 24 heavy (non-hydrogen) atoms. The maximum Gasteiger partial charge on any atom is 0.258 e. The molecule has 6 nitrogen and oxygen atoms in total. The van der Waals surface area contributed by atoms with Crippen LogP contribution in [-0.4, -0.2) is 40.0 Å². The molecule has 1 aromatic carbocycles. The normalized spacial score (nSPS) is 19.1. The van der Waals surface area contributed by atoms with Crippen molar-refractivity contribution in [3.8, 4) is 11.5 Å². The number of aryl methyl sites for hydroxylation is 2. The first kappa shape index (κ1) is 15.1. The van der Waals surface area contributed by atoms with E-state index in [1.54, 1.807) is 0 Å². The predicted molar refractivity (Wildman–Crippen MR) is 88.3 cm³/mol. The summed E-state index contributed by atoms with van der Waals surface area (Å²) in [5.74, 6) is 1.23. The van der Waals surface area contributed by atoms with Crippen molar-refractivity contribution in [2.45, 2.75) is 39.3 Å². The topological polar surface area (TPSA) is 56.6 Å². The Labute approximate surface area is 141 Å². The van der Waals surface area contributed by atoms with E-state index < -0.39 is 0 Å². The molecule has 6 heteroatoms. The Kier molecular flexibility index (Phi) is 3.67. The van der Waals surface area contributed by atoms with E-state index in [-0.39, 0.29) is 18.7 Å². The van der Waals surface area contributed by atoms with Crippen molar-refractivity contribution in [2.24, 2.45) is 0 Å². The quantitative estimate of drug-likeness (QED) is 0.869. The van der Waals surface area contributed by atoms with Gasteiger partial charge < -0.3 is 14.4 Å². The number of ether oxygens (including phenoxy) is 2. The van der Waals surface area contributed by atoms with Crippen molar-refractivity contribution in [3.63, 3.8) is 0 Å². The fourth-order valence-corrected chi connectivity index (χ4v) is 3.61. The van der Waals surface area contributed by atoms with Gasteiger partial charge in [0.25, 0.3) is 5.91 Å². The third-order valence-electron chi connectivity index (χ3n) is 4.75. The number of carbonyl (C=O) groups excluding carboxylic acids is 1. The van der Waals surface area contributed by atoms with Gasteiger partial charge in [0.15, 0.2) is 11.5 Å². The minimum atomic E-state index is 0.0152. The van der Waals surface area contributed by atoms with Crippen molar-refractivity contribution in [3.05, 3.63) is 41.2 Å². The molecule has 0 bridgehead atoms. The zero-order valence-corrected chi connectivity index (χ0v) is 14.0. The number of para-hydroxylation sites is 1. The van der Waals surface area contributed by atoms with Crippen molar-refractivity contribution in [2.75, 3.05) is 13.3 Å². The monoisotopic (exact) mass is 327 g/mol. The molecule has 4 rings (SSSR count). The third-order valence-corrected chi connectivity index (χ3v) is 4.75. The van der Waals surface area contributed by atoms with Crippen molar-refractivity contribution < 1.29 is 14.3 Å². The predicted octanol–water partition coefficient (Wildman–Crippen LogP) is 2.53. The second kappa shape index (κ2) is 5.85. The Morgan fingerprint density at radius 2 is 2.21 bits per heavy atom. The summed E-state index contributed by atoms with van der Waals surface area (Å²) >= 11 is 0. The van der Waals surface area contributed by atoms with E-state index in [2.05, 4.69) is 18.1 Å². The van der Waals surface area contributed by atoms with E-state index >= 15 is 0 Å². The van der Waals surface area contributed by atoms with Crippen LogP contribution >= 0.6 is 0 Å². The molecule has 0 radical (unpaired) electrons. The van der Waals surface area contributed by atoms with Gasteiger partial charge in [0.2, 0.25) is 6.79 Å². The van der Waals surface area contributed by atoms with Crippen LogP contribution in [0.3, 0.4) is 0 Å². The zero-order valence-electron chi connectivity index (χ0n) is 14.0. The summed E-state index contributed by atoms with van der Waals surface area (Å²) in [6.45, 7) is 5.72. The molecule has 1 atom stereocenters. The standard InChI is InChI=1S/C18H21N3O3/c1-12-9-13(2)21(19-12)10-14-5-4-8-20(14)18(22)15-6-3-7-16-17(15)24-11-23-16/h3,6-7,9,14H,4-5,8,10-11H2,1-2H3/t14-/m1/s1. The molecule has 0 saturated carbocycles. The first-order chi connectivity index (χ1) is 11.6. The van der Waals surface area contributed by atoms with Gasteiger partial charge in [0.05, 0.1) is 23.8 Å². The van der Waals surface area contributed by atoms with Crippen molar-refractivity contribution in [1.82, 2.24) is 14.7 Å². The van der Waals surface area contributed by atoms with Gasteiger partial charge in [-0.05, 0) is 44.9 Å². The highest BCUT2D eigenvalue weighted by Crippen LogP contribution is 2.37. The van der Waals surface area contributed by atoms with Gasteiger partial charge in [-0.2, -0.15) is 5.10 Å². The van der Waals surface area contributed by atoms with Gasteiger partial charge in [-0.3, -0.25) is 9.48 Å². The maximum atomic E-state index is 13.1.